The maximum Gasteiger partial charge on any atom is 0.167 e. The van der Waals surface area contributed by atoms with Crippen molar-refractivity contribution in [2.75, 3.05) is 25.5 Å². The summed E-state index contributed by atoms with van der Waals surface area (Å²) in [6.45, 7) is 3.28. The van der Waals surface area contributed by atoms with Crippen LogP contribution in [0.3, 0.4) is 0 Å². The summed E-state index contributed by atoms with van der Waals surface area (Å²) >= 11 is 0. The van der Waals surface area contributed by atoms with Gasteiger partial charge in [-0.3, -0.25) is 4.90 Å². The molecule has 0 saturated carbocycles. The van der Waals surface area contributed by atoms with Crippen LogP contribution in [0.5, 0.6) is 0 Å². The predicted octanol–water partition coefficient (Wildman–Crippen LogP) is 2.17. The van der Waals surface area contributed by atoms with Crippen LogP contribution in [0.15, 0.2) is 24.3 Å². The van der Waals surface area contributed by atoms with Crippen molar-refractivity contribution >= 4 is 5.69 Å². The molecule has 0 bridgehead atoms. The summed E-state index contributed by atoms with van der Waals surface area (Å²) in [6, 6.07) is 9.48. The number of benzene rings is 1. The molecule has 3 rings (SSSR count). The second-order valence-electron chi connectivity index (χ2n) is 6.22. The third-order valence-electron chi connectivity index (χ3n) is 4.59. The molecule has 2 aromatic rings. The second kappa shape index (κ2) is 6.04. The van der Waals surface area contributed by atoms with Gasteiger partial charge in [0.15, 0.2) is 5.82 Å². The van der Waals surface area contributed by atoms with Crippen LogP contribution in [-0.4, -0.2) is 45.7 Å². The smallest absolute Gasteiger partial charge is 0.167 e. The van der Waals surface area contributed by atoms with Crippen LogP contribution >= 0.6 is 0 Å². The van der Waals surface area contributed by atoms with Crippen molar-refractivity contribution in [2.45, 2.75) is 31.8 Å². The lowest BCUT2D eigenvalue weighted by Crippen LogP contribution is -2.28. The van der Waals surface area contributed by atoms with Crippen molar-refractivity contribution in [3.63, 3.8) is 0 Å². The second-order valence-corrected chi connectivity index (χ2v) is 6.22. The van der Waals surface area contributed by atoms with Gasteiger partial charge >= 0.3 is 0 Å². The highest BCUT2D eigenvalue weighted by Crippen LogP contribution is 2.38. The van der Waals surface area contributed by atoms with Crippen LogP contribution in [0.2, 0.25) is 0 Å². The first-order valence-corrected chi connectivity index (χ1v) is 7.83. The fourth-order valence-electron chi connectivity index (χ4n) is 3.36. The molecule has 1 saturated heterocycles. The fraction of sp³-hybridized carbons (Fsp3) is 0.562. The van der Waals surface area contributed by atoms with Gasteiger partial charge in [-0.1, -0.05) is 12.1 Å². The van der Waals surface area contributed by atoms with Gasteiger partial charge in [0.05, 0.1) is 6.04 Å². The molecule has 6 nitrogen and oxygen atoms in total. The molecule has 2 heterocycles. The number of aryl methyl sites for hydroxylation is 1. The number of anilines is 1. The number of rotatable bonds is 4. The summed E-state index contributed by atoms with van der Waals surface area (Å²) in [5, 5.41) is 11.9. The molecule has 1 aliphatic heterocycles. The van der Waals surface area contributed by atoms with Gasteiger partial charge in [-0.25, -0.2) is 4.68 Å². The van der Waals surface area contributed by atoms with E-state index in [-0.39, 0.29) is 6.04 Å². The monoisotopic (exact) mass is 300 g/mol. The third-order valence-corrected chi connectivity index (χ3v) is 4.59. The van der Waals surface area contributed by atoms with E-state index in [1.165, 1.54) is 24.1 Å². The Labute approximate surface area is 131 Å². The molecule has 1 aromatic heterocycles. The number of hydrogen-bond acceptors (Lipinski definition) is 5. The van der Waals surface area contributed by atoms with Crippen LogP contribution in [-0.2, 0) is 7.05 Å². The van der Waals surface area contributed by atoms with E-state index >= 15 is 0 Å². The molecule has 22 heavy (non-hydrogen) atoms. The molecule has 0 amide bonds. The summed E-state index contributed by atoms with van der Waals surface area (Å²) < 4.78 is 1.77. The van der Waals surface area contributed by atoms with E-state index in [0.29, 0.717) is 6.04 Å². The van der Waals surface area contributed by atoms with E-state index in [0.717, 1.165) is 12.4 Å². The Kier molecular flexibility index (Phi) is 4.11. The molecule has 0 aliphatic carbocycles. The van der Waals surface area contributed by atoms with Crippen LogP contribution in [0.25, 0.3) is 0 Å². The summed E-state index contributed by atoms with van der Waals surface area (Å²) in [5.41, 5.74) is 2.63. The molecular formula is C16H24N6. The van der Waals surface area contributed by atoms with Crippen LogP contribution in [0.4, 0.5) is 5.69 Å². The lowest BCUT2D eigenvalue weighted by Gasteiger charge is -2.30. The summed E-state index contributed by atoms with van der Waals surface area (Å²) in [6.07, 6.45) is 2.40. The largest absolute Gasteiger partial charge is 0.378 e. The minimum absolute atomic E-state index is 0.218. The lowest BCUT2D eigenvalue weighted by atomic mass is 10.0. The summed E-state index contributed by atoms with van der Waals surface area (Å²) in [7, 11) is 6.07. The molecule has 1 aliphatic rings. The Balaban J connectivity index is 1.87. The number of aromatic nitrogens is 4. The quantitative estimate of drug-likeness (QED) is 0.866. The molecule has 0 spiro atoms. The average molecular weight is 300 g/mol. The minimum atomic E-state index is 0.218. The Bertz CT molecular complexity index is 635. The third kappa shape index (κ3) is 2.70. The zero-order valence-electron chi connectivity index (χ0n) is 13.8. The highest BCUT2D eigenvalue weighted by Gasteiger charge is 2.32. The maximum absolute atomic E-state index is 4.19. The van der Waals surface area contributed by atoms with Crippen LogP contribution in [0.1, 0.15) is 43.2 Å². The van der Waals surface area contributed by atoms with E-state index < -0.39 is 0 Å². The highest BCUT2D eigenvalue weighted by molar-refractivity contribution is 5.48. The van der Waals surface area contributed by atoms with Gasteiger partial charge in [0.1, 0.15) is 0 Å². The zero-order valence-corrected chi connectivity index (χ0v) is 13.8. The molecule has 118 valence electrons. The first-order valence-electron chi connectivity index (χ1n) is 7.83. The minimum Gasteiger partial charge on any atom is -0.378 e. The first-order chi connectivity index (χ1) is 10.6. The van der Waals surface area contributed by atoms with Crippen molar-refractivity contribution in [3.05, 3.63) is 35.7 Å². The van der Waals surface area contributed by atoms with Gasteiger partial charge in [-0.15, -0.1) is 5.10 Å². The number of nitrogens with zero attached hydrogens (tertiary/aromatic N) is 6. The van der Waals surface area contributed by atoms with E-state index in [4.69, 9.17) is 0 Å². The van der Waals surface area contributed by atoms with E-state index in [1.54, 1.807) is 4.68 Å². The molecule has 0 N–H and O–H groups in total. The van der Waals surface area contributed by atoms with Crippen molar-refractivity contribution < 1.29 is 0 Å². The SMILES string of the molecule is CC(c1nnnn1C)N1CCCC1c1cccc(N(C)C)c1. The van der Waals surface area contributed by atoms with Crippen LogP contribution in [0, 0.1) is 0 Å². The fourth-order valence-corrected chi connectivity index (χ4v) is 3.36. The Morgan fingerprint density at radius 3 is 2.82 bits per heavy atom. The molecule has 1 fully saturated rings. The van der Waals surface area contributed by atoms with Crippen molar-refractivity contribution in [1.82, 2.24) is 25.1 Å². The van der Waals surface area contributed by atoms with Gasteiger partial charge < -0.3 is 4.90 Å². The standard InChI is InChI=1S/C16H24N6/c1-12(16-17-18-19-21(16)4)22-10-6-9-15(22)13-7-5-8-14(11-13)20(2)3/h5,7-8,11-12,15H,6,9-10H2,1-4H3. The molecule has 6 heteroatoms. The van der Waals surface area contributed by atoms with Gasteiger partial charge in [0.2, 0.25) is 0 Å². The van der Waals surface area contributed by atoms with E-state index in [1.807, 2.05) is 7.05 Å². The number of hydrogen-bond donors (Lipinski definition) is 0. The lowest BCUT2D eigenvalue weighted by molar-refractivity contribution is 0.183. The van der Waals surface area contributed by atoms with Gasteiger partial charge in [-0.2, -0.15) is 0 Å². The van der Waals surface area contributed by atoms with Gasteiger partial charge in [0.25, 0.3) is 0 Å². The topological polar surface area (TPSA) is 50.1 Å². The Hall–Kier alpha value is -1.95. The molecule has 2 atom stereocenters. The zero-order chi connectivity index (χ0) is 15.7. The van der Waals surface area contributed by atoms with E-state index in [2.05, 4.69) is 70.6 Å². The average Bonchev–Trinajstić information content (AvgIpc) is 3.15. The highest BCUT2D eigenvalue weighted by atomic mass is 15.5. The normalized spacial score (nSPS) is 20.3. The predicted molar refractivity (Wildman–Crippen MR) is 86.7 cm³/mol. The first kappa shape index (κ1) is 15.0. The van der Waals surface area contributed by atoms with Gasteiger partial charge in [-0.05, 0) is 54.4 Å². The summed E-state index contributed by atoms with van der Waals surface area (Å²) in [5.74, 6) is 0.927. The molecule has 0 radical (unpaired) electrons. The number of likely N-dealkylation sites (tertiary alicyclic amines) is 1. The Morgan fingerprint density at radius 1 is 1.32 bits per heavy atom. The molecule has 1 aromatic carbocycles. The van der Waals surface area contributed by atoms with Crippen molar-refractivity contribution in [3.8, 4) is 0 Å². The molecular weight excluding hydrogens is 276 g/mol. The number of tetrazole rings is 1. The summed E-state index contributed by atoms with van der Waals surface area (Å²) in [4.78, 5) is 4.67. The van der Waals surface area contributed by atoms with Crippen LogP contribution < -0.4 is 4.90 Å². The molecule has 2 unspecified atom stereocenters. The van der Waals surface area contributed by atoms with Crippen molar-refractivity contribution in [2.24, 2.45) is 7.05 Å². The Morgan fingerprint density at radius 2 is 2.14 bits per heavy atom. The van der Waals surface area contributed by atoms with Crippen molar-refractivity contribution in [1.29, 1.82) is 0 Å². The van der Waals surface area contributed by atoms with E-state index in [9.17, 15) is 0 Å². The maximum atomic E-state index is 4.19. The van der Waals surface area contributed by atoms with Gasteiger partial charge in [0, 0.05) is 32.9 Å².